The van der Waals surface area contributed by atoms with E-state index in [9.17, 15) is 14.0 Å². The molecule has 6 nitrogen and oxygen atoms in total. The zero-order valence-electron chi connectivity index (χ0n) is 16.6. The SMILES string of the molecule is COc1ccc(CC(=O)NC2CCN(C(=O)c3ccccc3F)CC2)c(OC)c1. The van der Waals surface area contributed by atoms with Crippen LogP contribution in [0.25, 0.3) is 0 Å². The van der Waals surface area contributed by atoms with Gasteiger partial charge in [0.1, 0.15) is 17.3 Å². The van der Waals surface area contributed by atoms with E-state index >= 15 is 0 Å². The van der Waals surface area contributed by atoms with Crippen LogP contribution < -0.4 is 14.8 Å². The van der Waals surface area contributed by atoms with Crippen molar-refractivity contribution in [1.82, 2.24) is 10.2 Å². The molecule has 7 heteroatoms. The highest BCUT2D eigenvalue weighted by Crippen LogP contribution is 2.25. The summed E-state index contributed by atoms with van der Waals surface area (Å²) in [4.78, 5) is 26.6. The summed E-state index contributed by atoms with van der Waals surface area (Å²) in [5.41, 5.74) is 0.861. The highest BCUT2D eigenvalue weighted by atomic mass is 19.1. The maximum absolute atomic E-state index is 13.8. The number of benzene rings is 2. The van der Waals surface area contributed by atoms with Gasteiger partial charge in [-0.05, 0) is 31.0 Å². The lowest BCUT2D eigenvalue weighted by Gasteiger charge is -2.32. The second-order valence-corrected chi connectivity index (χ2v) is 6.97. The van der Waals surface area contributed by atoms with Crippen molar-refractivity contribution in [3.63, 3.8) is 0 Å². The molecule has 1 N–H and O–H groups in total. The molecule has 1 saturated heterocycles. The van der Waals surface area contributed by atoms with Crippen LogP contribution in [0, 0.1) is 5.82 Å². The lowest BCUT2D eigenvalue weighted by atomic mass is 10.0. The average molecular weight is 400 g/mol. The molecule has 0 saturated carbocycles. The Morgan fingerprint density at radius 1 is 1.10 bits per heavy atom. The molecular weight excluding hydrogens is 375 g/mol. The molecule has 0 radical (unpaired) electrons. The van der Waals surface area contributed by atoms with Crippen molar-refractivity contribution in [2.24, 2.45) is 0 Å². The molecule has 0 aliphatic carbocycles. The van der Waals surface area contributed by atoms with Crippen LogP contribution in [0.2, 0.25) is 0 Å². The number of hydrogen-bond acceptors (Lipinski definition) is 4. The van der Waals surface area contributed by atoms with Crippen LogP contribution >= 0.6 is 0 Å². The van der Waals surface area contributed by atoms with E-state index in [-0.39, 0.29) is 29.8 Å². The summed E-state index contributed by atoms with van der Waals surface area (Å²) in [6.45, 7) is 0.952. The monoisotopic (exact) mass is 400 g/mol. The zero-order chi connectivity index (χ0) is 20.8. The molecule has 1 aliphatic rings. The number of carbonyl (C=O) groups excluding carboxylic acids is 2. The Hall–Kier alpha value is -3.09. The van der Waals surface area contributed by atoms with Gasteiger partial charge in [-0.2, -0.15) is 0 Å². The van der Waals surface area contributed by atoms with E-state index < -0.39 is 5.82 Å². The lowest BCUT2D eigenvalue weighted by molar-refractivity contribution is -0.121. The standard InChI is InChI=1S/C22H25FN2O4/c1-28-17-8-7-15(20(14-17)29-2)13-21(26)24-16-9-11-25(12-10-16)22(27)18-5-3-4-6-19(18)23/h3-8,14,16H,9-13H2,1-2H3,(H,24,26). The first-order valence-electron chi connectivity index (χ1n) is 9.56. The molecule has 0 spiro atoms. The quantitative estimate of drug-likeness (QED) is 0.810. The Balaban J connectivity index is 1.52. The molecule has 29 heavy (non-hydrogen) atoms. The topological polar surface area (TPSA) is 67.9 Å². The maximum Gasteiger partial charge on any atom is 0.256 e. The van der Waals surface area contributed by atoms with Crippen molar-refractivity contribution < 1.29 is 23.5 Å². The van der Waals surface area contributed by atoms with Gasteiger partial charge >= 0.3 is 0 Å². The van der Waals surface area contributed by atoms with E-state index in [1.165, 1.54) is 12.1 Å². The molecular formula is C22H25FN2O4. The number of methoxy groups -OCH3 is 2. The summed E-state index contributed by atoms with van der Waals surface area (Å²) in [5.74, 6) is 0.340. The third kappa shape index (κ3) is 5.04. The Morgan fingerprint density at radius 2 is 1.83 bits per heavy atom. The predicted octanol–water partition coefficient (Wildman–Crippen LogP) is 2.81. The fourth-order valence-electron chi connectivity index (χ4n) is 3.48. The van der Waals surface area contributed by atoms with Gasteiger partial charge in [-0.25, -0.2) is 4.39 Å². The Morgan fingerprint density at radius 3 is 2.48 bits per heavy atom. The predicted molar refractivity (Wildman–Crippen MR) is 107 cm³/mol. The van der Waals surface area contributed by atoms with Gasteiger partial charge in [-0.15, -0.1) is 0 Å². The number of piperidine rings is 1. The molecule has 2 amide bonds. The number of amides is 2. The number of hydrogen-bond donors (Lipinski definition) is 1. The lowest BCUT2D eigenvalue weighted by Crippen LogP contribution is -2.47. The molecule has 0 atom stereocenters. The van der Waals surface area contributed by atoms with Crippen LogP contribution in [0.4, 0.5) is 4.39 Å². The summed E-state index contributed by atoms with van der Waals surface area (Å²) >= 11 is 0. The Bertz CT molecular complexity index is 879. The molecule has 2 aromatic rings. The third-order valence-electron chi connectivity index (χ3n) is 5.10. The van der Waals surface area contributed by atoms with Gasteiger partial charge in [0.2, 0.25) is 5.91 Å². The molecule has 1 heterocycles. The minimum Gasteiger partial charge on any atom is -0.497 e. The summed E-state index contributed by atoms with van der Waals surface area (Å²) in [6.07, 6.45) is 1.46. The van der Waals surface area contributed by atoms with Crippen molar-refractivity contribution in [3.8, 4) is 11.5 Å². The third-order valence-corrected chi connectivity index (χ3v) is 5.10. The molecule has 3 rings (SSSR count). The largest absolute Gasteiger partial charge is 0.497 e. The number of nitrogens with one attached hydrogen (secondary N) is 1. The Kier molecular flexibility index (Phi) is 6.69. The van der Waals surface area contributed by atoms with Gasteiger partial charge in [-0.1, -0.05) is 18.2 Å². The van der Waals surface area contributed by atoms with Gasteiger partial charge in [0.25, 0.3) is 5.91 Å². The Labute approximate surface area is 169 Å². The van der Waals surface area contributed by atoms with Crippen LogP contribution in [0.15, 0.2) is 42.5 Å². The van der Waals surface area contributed by atoms with E-state index in [2.05, 4.69) is 5.32 Å². The number of nitrogens with zero attached hydrogens (tertiary/aromatic N) is 1. The van der Waals surface area contributed by atoms with Crippen molar-refractivity contribution in [3.05, 3.63) is 59.4 Å². The minimum atomic E-state index is -0.513. The van der Waals surface area contributed by atoms with Gasteiger partial charge < -0.3 is 19.7 Å². The molecule has 1 aliphatic heterocycles. The van der Waals surface area contributed by atoms with E-state index in [1.807, 2.05) is 6.07 Å². The van der Waals surface area contributed by atoms with Gasteiger partial charge in [0.15, 0.2) is 0 Å². The van der Waals surface area contributed by atoms with Crippen molar-refractivity contribution >= 4 is 11.8 Å². The normalized spacial score (nSPS) is 14.4. The highest BCUT2D eigenvalue weighted by molar-refractivity contribution is 5.94. The fraction of sp³-hybridized carbons (Fsp3) is 0.364. The number of halogens is 1. The number of carbonyl (C=O) groups is 2. The molecule has 1 fully saturated rings. The smallest absolute Gasteiger partial charge is 0.256 e. The van der Waals surface area contributed by atoms with Crippen LogP contribution in [0.1, 0.15) is 28.8 Å². The summed E-state index contributed by atoms with van der Waals surface area (Å²) in [7, 11) is 3.13. The van der Waals surface area contributed by atoms with Crippen molar-refractivity contribution in [2.75, 3.05) is 27.3 Å². The van der Waals surface area contributed by atoms with Gasteiger partial charge in [-0.3, -0.25) is 9.59 Å². The fourth-order valence-corrected chi connectivity index (χ4v) is 3.48. The second kappa shape index (κ2) is 9.41. The maximum atomic E-state index is 13.8. The van der Waals surface area contributed by atoms with Crippen LogP contribution in [0.5, 0.6) is 11.5 Å². The van der Waals surface area contributed by atoms with Crippen molar-refractivity contribution in [2.45, 2.75) is 25.3 Å². The first-order chi connectivity index (χ1) is 14.0. The van der Waals surface area contributed by atoms with E-state index in [1.54, 1.807) is 43.4 Å². The highest BCUT2D eigenvalue weighted by Gasteiger charge is 2.26. The van der Waals surface area contributed by atoms with Crippen LogP contribution in [-0.2, 0) is 11.2 Å². The first-order valence-corrected chi connectivity index (χ1v) is 9.56. The molecule has 154 valence electrons. The van der Waals surface area contributed by atoms with E-state index in [0.717, 1.165) is 5.56 Å². The number of likely N-dealkylation sites (tertiary alicyclic amines) is 1. The summed E-state index contributed by atoms with van der Waals surface area (Å²) in [5, 5.41) is 3.02. The van der Waals surface area contributed by atoms with Crippen molar-refractivity contribution in [1.29, 1.82) is 0 Å². The van der Waals surface area contributed by atoms with Crippen LogP contribution in [-0.4, -0.2) is 50.1 Å². The molecule has 0 unspecified atom stereocenters. The number of rotatable bonds is 6. The van der Waals surface area contributed by atoms with Gasteiger partial charge in [0.05, 0.1) is 26.2 Å². The van der Waals surface area contributed by atoms with E-state index in [0.29, 0.717) is 37.4 Å². The molecule has 0 aromatic heterocycles. The summed E-state index contributed by atoms with van der Waals surface area (Å²) in [6, 6.07) is 11.3. The summed E-state index contributed by atoms with van der Waals surface area (Å²) < 4.78 is 24.3. The molecule has 0 bridgehead atoms. The first kappa shape index (κ1) is 20.6. The number of ether oxygens (including phenoxy) is 2. The molecule has 2 aromatic carbocycles. The second-order valence-electron chi connectivity index (χ2n) is 6.97. The van der Waals surface area contributed by atoms with E-state index in [4.69, 9.17) is 9.47 Å². The van der Waals surface area contributed by atoms with Gasteiger partial charge in [0, 0.05) is 30.8 Å². The van der Waals surface area contributed by atoms with Crippen LogP contribution in [0.3, 0.4) is 0 Å². The minimum absolute atomic E-state index is 0.0172. The zero-order valence-corrected chi connectivity index (χ0v) is 16.6. The average Bonchev–Trinajstić information content (AvgIpc) is 2.74.